The maximum absolute atomic E-state index is 12.3. The fraction of sp³-hybridized carbons (Fsp3) is 0.571. The van der Waals surface area contributed by atoms with Gasteiger partial charge in [0.05, 0.1) is 0 Å². The van der Waals surface area contributed by atoms with Crippen molar-refractivity contribution in [2.45, 2.75) is 50.6 Å². The highest BCUT2D eigenvalue weighted by atomic mass is 16.5. The first-order valence-electron chi connectivity index (χ1n) is 9.51. The molecule has 1 aromatic rings. The van der Waals surface area contributed by atoms with Gasteiger partial charge in [-0.15, -0.1) is 0 Å². The molecular weight excluding hydrogens is 312 g/mol. The molecule has 2 aliphatic rings. The summed E-state index contributed by atoms with van der Waals surface area (Å²) in [6.07, 6.45) is 9.03. The molecule has 1 amide bonds. The predicted molar refractivity (Wildman–Crippen MR) is 100 cm³/mol. The molecule has 2 N–H and O–H groups in total. The fourth-order valence-electron chi connectivity index (χ4n) is 3.86. The SMILES string of the molecule is C[C@H](NC1(CNC(=O)C[C@H]2C=CCC2)CCOCC1)c1ccccc1. The number of amides is 1. The topological polar surface area (TPSA) is 50.4 Å². The van der Waals surface area contributed by atoms with E-state index in [4.69, 9.17) is 4.74 Å². The summed E-state index contributed by atoms with van der Waals surface area (Å²) < 4.78 is 5.56. The number of carbonyl (C=O) groups excluding carboxylic acids is 1. The van der Waals surface area contributed by atoms with E-state index >= 15 is 0 Å². The van der Waals surface area contributed by atoms with Crippen molar-refractivity contribution in [2.75, 3.05) is 19.8 Å². The smallest absolute Gasteiger partial charge is 0.220 e. The highest BCUT2D eigenvalue weighted by Gasteiger charge is 2.34. The quantitative estimate of drug-likeness (QED) is 0.747. The van der Waals surface area contributed by atoms with Crippen LogP contribution in [0.25, 0.3) is 0 Å². The zero-order chi connectivity index (χ0) is 17.5. The van der Waals surface area contributed by atoms with Crippen LogP contribution >= 0.6 is 0 Å². The van der Waals surface area contributed by atoms with E-state index in [2.05, 4.69) is 54.0 Å². The third-order valence-corrected chi connectivity index (χ3v) is 5.46. The molecule has 0 spiro atoms. The molecule has 1 fully saturated rings. The molecule has 0 bridgehead atoms. The molecule has 25 heavy (non-hydrogen) atoms. The van der Waals surface area contributed by atoms with E-state index < -0.39 is 0 Å². The summed E-state index contributed by atoms with van der Waals surface area (Å²) in [5.74, 6) is 0.582. The van der Waals surface area contributed by atoms with Gasteiger partial charge in [-0.3, -0.25) is 4.79 Å². The van der Waals surface area contributed by atoms with E-state index in [9.17, 15) is 4.79 Å². The molecule has 4 nitrogen and oxygen atoms in total. The van der Waals surface area contributed by atoms with Crippen LogP contribution in [0, 0.1) is 5.92 Å². The molecule has 2 atom stereocenters. The largest absolute Gasteiger partial charge is 0.381 e. The summed E-state index contributed by atoms with van der Waals surface area (Å²) in [5, 5.41) is 6.97. The second kappa shape index (κ2) is 8.63. The van der Waals surface area contributed by atoms with Crippen LogP contribution in [0.3, 0.4) is 0 Å². The van der Waals surface area contributed by atoms with Crippen LogP contribution in [0.15, 0.2) is 42.5 Å². The molecule has 0 unspecified atom stereocenters. The normalized spacial score (nSPS) is 23.3. The van der Waals surface area contributed by atoms with Crippen LogP contribution in [0.4, 0.5) is 0 Å². The minimum atomic E-state index is -0.0886. The van der Waals surface area contributed by atoms with Crippen LogP contribution in [-0.2, 0) is 9.53 Å². The Kier molecular flexibility index (Phi) is 6.27. The summed E-state index contributed by atoms with van der Waals surface area (Å²) >= 11 is 0. The average molecular weight is 342 g/mol. The van der Waals surface area contributed by atoms with Crippen LogP contribution in [-0.4, -0.2) is 31.2 Å². The van der Waals surface area contributed by atoms with E-state index in [1.165, 1.54) is 5.56 Å². The van der Waals surface area contributed by atoms with Gasteiger partial charge in [-0.1, -0.05) is 42.5 Å². The summed E-state index contributed by atoms with van der Waals surface area (Å²) in [4.78, 5) is 12.3. The van der Waals surface area contributed by atoms with Crippen molar-refractivity contribution in [3.63, 3.8) is 0 Å². The Balaban J connectivity index is 1.58. The highest BCUT2D eigenvalue weighted by molar-refractivity contribution is 5.76. The number of hydrogen-bond acceptors (Lipinski definition) is 3. The van der Waals surface area contributed by atoms with Crippen molar-refractivity contribution in [1.82, 2.24) is 10.6 Å². The second-order valence-electron chi connectivity index (χ2n) is 7.42. The molecule has 3 rings (SSSR count). The summed E-state index contributed by atoms with van der Waals surface area (Å²) in [7, 11) is 0. The number of nitrogens with one attached hydrogen (secondary N) is 2. The Bertz CT molecular complexity index is 579. The molecule has 1 aliphatic carbocycles. The molecule has 1 aromatic carbocycles. The number of rotatable bonds is 7. The van der Waals surface area contributed by atoms with Gasteiger partial charge in [0.25, 0.3) is 0 Å². The molecule has 136 valence electrons. The van der Waals surface area contributed by atoms with Crippen molar-refractivity contribution in [2.24, 2.45) is 5.92 Å². The van der Waals surface area contributed by atoms with E-state index in [1.807, 2.05) is 6.07 Å². The maximum Gasteiger partial charge on any atom is 0.220 e. The van der Waals surface area contributed by atoms with Gasteiger partial charge in [0.1, 0.15) is 0 Å². The summed E-state index contributed by atoms with van der Waals surface area (Å²) in [6, 6.07) is 10.7. The Morgan fingerprint density at radius 2 is 2.04 bits per heavy atom. The number of benzene rings is 1. The van der Waals surface area contributed by atoms with Gasteiger partial charge >= 0.3 is 0 Å². The zero-order valence-corrected chi connectivity index (χ0v) is 15.2. The Hall–Kier alpha value is -1.65. The summed E-state index contributed by atoms with van der Waals surface area (Å²) in [5.41, 5.74) is 1.19. The second-order valence-corrected chi connectivity index (χ2v) is 7.42. The Morgan fingerprint density at radius 3 is 2.72 bits per heavy atom. The van der Waals surface area contributed by atoms with Crippen LogP contribution in [0.5, 0.6) is 0 Å². The molecular formula is C21H30N2O2. The lowest BCUT2D eigenvalue weighted by atomic mass is 9.88. The van der Waals surface area contributed by atoms with Gasteiger partial charge in [-0.05, 0) is 44.1 Å². The number of ether oxygens (including phenoxy) is 1. The van der Waals surface area contributed by atoms with E-state index in [0.29, 0.717) is 18.9 Å². The minimum absolute atomic E-state index is 0.0886. The lowest BCUT2D eigenvalue weighted by molar-refractivity contribution is -0.122. The minimum Gasteiger partial charge on any atom is -0.381 e. The molecule has 1 heterocycles. The van der Waals surface area contributed by atoms with Crippen LogP contribution in [0.1, 0.15) is 50.6 Å². The van der Waals surface area contributed by atoms with Gasteiger partial charge in [-0.2, -0.15) is 0 Å². The van der Waals surface area contributed by atoms with E-state index in [0.717, 1.165) is 38.9 Å². The zero-order valence-electron chi connectivity index (χ0n) is 15.2. The van der Waals surface area contributed by atoms with Crippen molar-refractivity contribution >= 4 is 5.91 Å². The van der Waals surface area contributed by atoms with Crippen LogP contribution < -0.4 is 10.6 Å². The van der Waals surface area contributed by atoms with Gasteiger partial charge in [0, 0.05) is 37.8 Å². The third-order valence-electron chi connectivity index (χ3n) is 5.46. The van der Waals surface area contributed by atoms with Crippen molar-refractivity contribution in [3.8, 4) is 0 Å². The number of allylic oxidation sites excluding steroid dienone is 2. The first-order chi connectivity index (χ1) is 12.2. The van der Waals surface area contributed by atoms with Gasteiger partial charge < -0.3 is 15.4 Å². The Labute approximate surface area is 151 Å². The van der Waals surface area contributed by atoms with Crippen molar-refractivity contribution in [1.29, 1.82) is 0 Å². The van der Waals surface area contributed by atoms with Gasteiger partial charge in [-0.25, -0.2) is 0 Å². The summed E-state index contributed by atoms with van der Waals surface area (Å²) in [6.45, 7) is 4.35. The molecule has 1 saturated heterocycles. The fourth-order valence-corrected chi connectivity index (χ4v) is 3.86. The molecule has 1 aliphatic heterocycles. The van der Waals surface area contributed by atoms with Crippen molar-refractivity contribution in [3.05, 3.63) is 48.0 Å². The number of hydrogen-bond donors (Lipinski definition) is 2. The Morgan fingerprint density at radius 1 is 1.28 bits per heavy atom. The molecule has 0 radical (unpaired) electrons. The molecule has 0 aromatic heterocycles. The van der Waals surface area contributed by atoms with E-state index in [-0.39, 0.29) is 17.5 Å². The highest BCUT2D eigenvalue weighted by Crippen LogP contribution is 2.25. The van der Waals surface area contributed by atoms with Crippen molar-refractivity contribution < 1.29 is 9.53 Å². The van der Waals surface area contributed by atoms with E-state index in [1.54, 1.807) is 0 Å². The molecule has 0 saturated carbocycles. The monoisotopic (exact) mass is 342 g/mol. The lowest BCUT2D eigenvalue weighted by Crippen LogP contribution is -2.57. The number of carbonyl (C=O) groups is 1. The average Bonchev–Trinajstić information content (AvgIpc) is 3.15. The molecule has 4 heteroatoms. The first kappa shape index (κ1) is 18.2. The maximum atomic E-state index is 12.3. The standard InChI is InChI=1S/C21H30N2O2/c1-17(19-9-3-2-4-10-19)23-21(11-13-25-14-12-21)16-22-20(24)15-18-7-5-6-8-18/h2-5,7,9-10,17-18,23H,6,8,11-16H2,1H3,(H,22,24)/t17-,18-/m0/s1. The first-order valence-corrected chi connectivity index (χ1v) is 9.51. The van der Waals surface area contributed by atoms with Gasteiger partial charge in [0.2, 0.25) is 5.91 Å². The van der Waals surface area contributed by atoms with Gasteiger partial charge in [0.15, 0.2) is 0 Å². The predicted octanol–water partition coefficient (Wildman–Crippen LogP) is 3.36. The lowest BCUT2D eigenvalue weighted by Gasteiger charge is -2.40. The third kappa shape index (κ3) is 5.16. The van der Waals surface area contributed by atoms with Crippen LogP contribution in [0.2, 0.25) is 0 Å².